The zero-order valence-corrected chi connectivity index (χ0v) is 19.5. The molecular formula is C21H22N4O2S3. The van der Waals surface area contributed by atoms with Gasteiger partial charge in [0.25, 0.3) is 0 Å². The summed E-state index contributed by atoms with van der Waals surface area (Å²) in [5.74, 6) is 0. The second-order valence-corrected chi connectivity index (χ2v) is 11.8. The van der Waals surface area contributed by atoms with Crippen LogP contribution < -0.4 is 9.80 Å². The van der Waals surface area contributed by atoms with Gasteiger partial charge in [-0.2, -0.15) is 0 Å². The molecule has 2 aromatic carbocycles. The van der Waals surface area contributed by atoms with Crippen molar-refractivity contribution in [2.45, 2.75) is 18.7 Å². The van der Waals surface area contributed by atoms with E-state index < -0.39 is 9.84 Å². The van der Waals surface area contributed by atoms with Crippen LogP contribution in [-0.4, -0.2) is 50.8 Å². The Morgan fingerprint density at radius 3 is 2.17 bits per heavy atom. The van der Waals surface area contributed by atoms with Crippen LogP contribution in [0.5, 0.6) is 0 Å². The fourth-order valence-corrected chi connectivity index (χ4v) is 6.69. The molecule has 6 nitrogen and oxygen atoms in total. The van der Waals surface area contributed by atoms with Gasteiger partial charge in [0.05, 0.1) is 25.3 Å². The van der Waals surface area contributed by atoms with Crippen molar-refractivity contribution in [3.63, 3.8) is 0 Å². The lowest BCUT2D eigenvalue weighted by molar-refractivity contribution is 0.602. The molecule has 3 heterocycles. The van der Waals surface area contributed by atoms with Crippen molar-refractivity contribution >= 4 is 63.2 Å². The molecule has 0 atom stereocenters. The van der Waals surface area contributed by atoms with Gasteiger partial charge in [0.1, 0.15) is 0 Å². The van der Waals surface area contributed by atoms with E-state index in [4.69, 9.17) is 9.97 Å². The molecular weight excluding hydrogens is 436 g/mol. The summed E-state index contributed by atoms with van der Waals surface area (Å²) in [6.45, 7) is 7.78. The smallest absolute Gasteiger partial charge is 0.186 e. The highest BCUT2D eigenvalue weighted by atomic mass is 32.2. The van der Waals surface area contributed by atoms with Crippen LogP contribution in [-0.2, 0) is 9.84 Å². The molecule has 0 radical (unpaired) electrons. The van der Waals surface area contributed by atoms with Crippen molar-refractivity contribution < 1.29 is 8.42 Å². The Labute approximate surface area is 183 Å². The van der Waals surface area contributed by atoms with Gasteiger partial charge in [0, 0.05) is 32.4 Å². The monoisotopic (exact) mass is 458 g/mol. The highest BCUT2D eigenvalue weighted by molar-refractivity contribution is 7.90. The molecule has 0 saturated carbocycles. The van der Waals surface area contributed by atoms with Crippen LogP contribution in [0.1, 0.15) is 11.1 Å². The van der Waals surface area contributed by atoms with Crippen molar-refractivity contribution in [2.75, 3.05) is 42.2 Å². The highest BCUT2D eigenvalue weighted by Gasteiger charge is 2.23. The molecule has 1 fully saturated rings. The largest absolute Gasteiger partial charge is 0.345 e. The van der Waals surface area contributed by atoms with Gasteiger partial charge in [-0.25, -0.2) is 18.4 Å². The molecule has 0 unspecified atom stereocenters. The van der Waals surface area contributed by atoms with Crippen LogP contribution in [0, 0.1) is 13.8 Å². The molecule has 0 amide bonds. The van der Waals surface area contributed by atoms with Crippen molar-refractivity contribution in [2.24, 2.45) is 0 Å². The van der Waals surface area contributed by atoms with Crippen molar-refractivity contribution in [1.82, 2.24) is 9.97 Å². The van der Waals surface area contributed by atoms with E-state index in [0.29, 0.717) is 4.90 Å². The molecule has 0 spiro atoms. The van der Waals surface area contributed by atoms with Crippen LogP contribution in [0.4, 0.5) is 10.3 Å². The average molecular weight is 459 g/mol. The summed E-state index contributed by atoms with van der Waals surface area (Å²) in [6, 6.07) is 9.53. The molecule has 5 rings (SSSR count). The molecule has 0 aliphatic carbocycles. The molecule has 4 aromatic rings. The predicted molar refractivity (Wildman–Crippen MR) is 126 cm³/mol. The first-order valence-corrected chi connectivity index (χ1v) is 13.3. The van der Waals surface area contributed by atoms with E-state index in [-0.39, 0.29) is 0 Å². The highest BCUT2D eigenvalue weighted by Crippen LogP contribution is 2.34. The third-order valence-corrected chi connectivity index (χ3v) is 8.86. The van der Waals surface area contributed by atoms with Crippen LogP contribution in [0.3, 0.4) is 0 Å². The summed E-state index contributed by atoms with van der Waals surface area (Å²) in [4.78, 5) is 14.6. The van der Waals surface area contributed by atoms with E-state index in [2.05, 4.69) is 35.8 Å². The number of sulfone groups is 1. The van der Waals surface area contributed by atoms with E-state index in [1.165, 1.54) is 22.1 Å². The number of rotatable bonds is 3. The second kappa shape index (κ2) is 7.18. The molecule has 1 aliphatic heterocycles. The number of anilines is 2. The van der Waals surface area contributed by atoms with Crippen molar-refractivity contribution in [3.8, 4) is 0 Å². The maximum Gasteiger partial charge on any atom is 0.186 e. The van der Waals surface area contributed by atoms with E-state index in [1.807, 2.05) is 0 Å². The quantitative estimate of drug-likeness (QED) is 0.457. The number of aryl methyl sites for hydroxylation is 2. The summed E-state index contributed by atoms with van der Waals surface area (Å²) in [7, 11) is -3.21. The van der Waals surface area contributed by atoms with Gasteiger partial charge in [-0.3, -0.25) is 0 Å². The second-order valence-electron chi connectivity index (χ2n) is 7.80. The Morgan fingerprint density at radius 2 is 1.50 bits per heavy atom. The topological polar surface area (TPSA) is 66.4 Å². The van der Waals surface area contributed by atoms with E-state index in [1.54, 1.807) is 40.9 Å². The minimum Gasteiger partial charge on any atom is -0.345 e. The molecule has 0 bridgehead atoms. The minimum absolute atomic E-state index is 0.344. The molecule has 9 heteroatoms. The first kappa shape index (κ1) is 19.7. The van der Waals surface area contributed by atoms with Gasteiger partial charge in [0.15, 0.2) is 20.1 Å². The number of fused-ring (bicyclic) bond motifs is 2. The Hall–Kier alpha value is -2.23. The van der Waals surface area contributed by atoms with Crippen LogP contribution in [0.15, 0.2) is 35.2 Å². The van der Waals surface area contributed by atoms with Gasteiger partial charge in [0.2, 0.25) is 0 Å². The fraction of sp³-hybridized carbons (Fsp3) is 0.333. The maximum absolute atomic E-state index is 11.8. The Kier molecular flexibility index (Phi) is 4.72. The lowest BCUT2D eigenvalue weighted by Crippen LogP contribution is -2.46. The number of hydrogen-bond donors (Lipinski definition) is 0. The summed E-state index contributed by atoms with van der Waals surface area (Å²) >= 11 is 3.33. The Balaban J connectivity index is 1.35. The molecule has 1 aliphatic rings. The Morgan fingerprint density at radius 1 is 0.867 bits per heavy atom. The SMILES string of the molecule is Cc1cc(C)c2sc(N3CCN(c4nc5ccc(S(C)(=O)=O)cc5s4)CC3)nc2c1. The molecule has 1 saturated heterocycles. The summed E-state index contributed by atoms with van der Waals surface area (Å²) in [6.07, 6.45) is 1.24. The lowest BCUT2D eigenvalue weighted by atomic mass is 10.1. The summed E-state index contributed by atoms with van der Waals surface area (Å²) < 4.78 is 25.8. The van der Waals surface area contributed by atoms with Crippen molar-refractivity contribution in [1.29, 1.82) is 0 Å². The predicted octanol–water partition coefficient (Wildman–Crippen LogP) is 4.25. The van der Waals surface area contributed by atoms with E-state index in [0.717, 1.165) is 52.2 Å². The van der Waals surface area contributed by atoms with Gasteiger partial charge in [-0.15, -0.1) is 0 Å². The number of nitrogens with zero attached hydrogens (tertiary/aromatic N) is 4. The van der Waals surface area contributed by atoms with Gasteiger partial charge in [-0.1, -0.05) is 28.7 Å². The summed E-state index contributed by atoms with van der Waals surface area (Å²) in [5.41, 5.74) is 4.47. The maximum atomic E-state index is 11.8. The van der Waals surface area contributed by atoms with E-state index in [9.17, 15) is 8.42 Å². The number of hydrogen-bond acceptors (Lipinski definition) is 8. The zero-order valence-electron chi connectivity index (χ0n) is 17.0. The molecule has 30 heavy (non-hydrogen) atoms. The summed E-state index contributed by atoms with van der Waals surface area (Å²) in [5, 5.41) is 2.03. The van der Waals surface area contributed by atoms with E-state index >= 15 is 0 Å². The normalized spacial score (nSPS) is 15.4. The zero-order chi connectivity index (χ0) is 21.0. The number of thiazole rings is 2. The third-order valence-electron chi connectivity index (χ3n) is 5.41. The van der Waals surface area contributed by atoms with Gasteiger partial charge in [-0.05, 0) is 49.2 Å². The van der Waals surface area contributed by atoms with Crippen LogP contribution >= 0.6 is 22.7 Å². The first-order chi connectivity index (χ1) is 14.3. The fourth-order valence-electron chi connectivity index (χ4n) is 3.85. The minimum atomic E-state index is -3.21. The van der Waals surface area contributed by atoms with Crippen LogP contribution in [0.2, 0.25) is 0 Å². The van der Waals surface area contributed by atoms with Crippen LogP contribution in [0.25, 0.3) is 20.4 Å². The van der Waals surface area contributed by atoms with Gasteiger partial charge >= 0.3 is 0 Å². The number of benzene rings is 2. The first-order valence-electron chi connectivity index (χ1n) is 9.76. The average Bonchev–Trinajstić information content (AvgIpc) is 3.31. The number of aromatic nitrogens is 2. The number of piperazine rings is 1. The molecule has 0 N–H and O–H groups in total. The standard InChI is InChI=1S/C21H22N4O2S3/c1-13-10-14(2)19-17(11-13)23-21(29-19)25-8-6-24(7-9-25)20-22-16-5-4-15(30(3,26)27)12-18(16)28-20/h4-5,10-12H,6-9H2,1-3H3. The van der Waals surface area contributed by atoms with Gasteiger partial charge < -0.3 is 9.80 Å². The lowest BCUT2D eigenvalue weighted by Gasteiger charge is -2.34. The molecule has 156 valence electrons. The Bertz CT molecular complexity index is 1370. The molecule has 2 aromatic heterocycles. The third kappa shape index (κ3) is 3.55. The van der Waals surface area contributed by atoms with Crippen molar-refractivity contribution in [3.05, 3.63) is 41.5 Å².